The van der Waals surface area contributed by atoms with E-state index >= 15 is 0 Å². The normalized spacial score (nSPS) is 33.6. The number of ether oxygens (including phenoxy) is 1. The van der Waals surface area contributed by atoms with Crippen molar-refractivity contribution in [3.8, 4) is 0 Å². The number of rotatable bonds is 1. The summed E-state index contributed by atoms with van der Waals surface area (Å²) in [6.07, 6.45) is 4.59. The van der Waals surface area contributed by atoms with Crippen LogP contribution >= 0.6 is 46.8 Å². The van der Waals surface area contributed by atoms with E-state index in [0.29, 0.717) is 5.56 Å². The minimum absolute atomic E-state index is 0.143. The van der Waals surface area contributed by atoms with Gasteiger partial charge >= 0.3 is 0 Å². The van der Waals surface area contributed by atoms with Crippen LogP contribution in [-0.4, -0.2) is 19.4 Å². The predicted octanol–water partition coefficient (Wildman–Crippen LogP) is 4.86. The molecule has 7 heteroatoms. The second-order valence-corrected chi connectivity index (χ2v) is 10.0. The molecule has 2 fully saturated rings. The largest absolute Gasteiger partial charge is 0.346 e. The minimum atomic E-state index is -1.60. The lowest BCUT2D eigenvalue weighted by Crippen LogP contribution is -2.64. The third kappa shape index (κ3) is 2.11. The summed E-state index contributed by atoms with van der Waals surface area (Å²) in [4.78, 5) is 12.8. The summed E-state index contributed by atoms with van der Waals surface area (Å²) in [5.74, 6) is 0.129. The minimum Gasteiger partial charge on any atom is -0.346 e. The fourth-order valence-corrected chi connectivity index (χ4v) is 5.38. The third-order valence-electron chi connectivity index (χ3n) is 4.76. The second-order valence-electron chi connectivity index (χ2n) is 5.93. The van der Waals surface area contributed by atoms with E-state index in [1.54, 1.807) is 4.31 Å². The highest BCUT2D eigenvalue weighted by atomic mass is 35.6. The fourth-order valence-electron chi connectivity index (χ4n) is 3.96. The van der Waals surface area contributed by atoms with Gasteiger partial charge in [-0.2, -0.15) is 0 Å². The molecule has 0 N–H and O–H groups in total. The van der Waals surface area contributed by atoms with Gasteiger partial charge in [-0.1, -0.05) is 65.8 Å². The Morgan fingerprint density at radius 1 is 1.23 bits per heavy atom. The summed E-state index contributed by atoms with van der Waals surface area (Å²) in [7, 11) is 0. The zero-order valence-electron chi connectivity index (χ0n) is 11.6. The first kappa shape index (κ1) is 15.4. The van der Waals surface area contributed by atoms with Crippen LogP contribution in [-0.2, 0) is 10.5 Å². The molecule has 118 valence electrons. The summed E-state index contributed by atoms with van der Waals surface area (Å²) in [5.41, 5.74) is 0.783. The number of carbonyl (C=O) groups is 1. The molecule has 3 nitrogen and oxygen atoms in total. The molecule has 0 bridgehead atoms. The molecule has 2 heterocycles. The van der Waals surface area contributed by atoms with E-state index < -0.39 is 8.85 Å². The van der Waals surface area contributed by atoms with Gasteiger partial charge in [0.25, 0.3) is 9.03 Å². The average Bonchev–Trinajstić information content (AvgIpc) is 2.69. The topological polar surface area (TPSA) is 29.5 Å². The van der Waals surface area contributed by atoms with Gasteiger partial charge in [-0.05, 0) is 18.9 Å². The quantitative estimate of drug-likeness (QED) is 0.516. The van der Waals surface area contributed by atoms with Gasteiger partial charge in [-0.15, -0.1) is 0 Å². The smallest absolute Gasteiger partial charge is 0.267 e. The summed E-state index contributed by atoms with van der Waals surface area (Å²) >= 11 is 18.8. The van der Waals surface area contributed by atoms with Crippen LogP contribution in [0.1, 0.15) is 41.6 Å². The molecule has 3 aliphatic rings. The van der Waals surface area contributed by atoms with Crippen LogP contribution in [0.4, 0.5) is 0 Å². The monoisotopic (exact) mass is 377 g/mol. The maximum atomic E-state index is 12.8. The third-order valence-corrected chi connectivity index (χ3v) is 6.21. The maximum absolute atomic E-state index is 12.8. The molecule has 3 atom stereocenters. The van der Waals surface area contributed by atoms with Crippen LogP contribution in [0, 0.1) is 5.92 Å². The molecular weight excluding hydrogens is 365 g/mol. The van der Waals surface area contributed by atoms with Gasteiger partial charge in [0, 0.05) is 29.0 Å². The Bertz CT molecular complexity index is 635. The molecule has 1 spiro atoms. The number of hydrogen-bond donors (Lipinski definition) is 0. The molecule has 1 aliphatic carbocycles. The highest BCUT2D eigenvalue weighted by Gasteiger charge is 2.66. The van der Waals surface area contributed by atoms with Gasteiger partial charge in [0.1, 0.15) is 0 Å². The fraction of sp³-hybridized carbons (Fsp3) is 0.533. The molecule has 1 amide bonds. The van der Waals surface area contributed by atoms with E-state index in [0.717, 1.165) is 36.8 Å². The summed E-state index contributed by atoms with van der Waals surface area (Å²) in [6.45, 7) is 0. The number of amides is 1. The zero-order chi connectivity index (χ0) is 15.5. The van der Waals surface area contributed by atoms with Crippen LogP contribution in [0.2, 0.25) is 0 Å². The Kier molecular flexibility index (Phi) is 3.63. The first-order chi connectivity index (χ1) is 10.4. The Labute approximate surface area is 148 Å². The van der Waals surface area contributed by atoms with E-state index in [4.69, 9.17) is 39.5 Å². The Morgan fingerprint density at radius 2 is 1.95 bits per heavy atom. The van der Waals surface area contributed by atoms with E-state index in [9.17, 15) is 4.79 Å². The lowest BCUT2D eigenvalue weighted by Gasteiger charge is -2.58. The molecular formula is C15H14Cl3NO2S. The summed E-state index contributed by atoms with van der Waals surface area (Å²) < 4.78 is 6.20. The SMILES string of the molecule is O=C1c2ccccc2C2(OC3CCCCC32)N1SC(Cl)(Cl)Cl. The van der Waals surface area contributed by atoms with Gasteiger partial charge in [-0.25, -0.2) is 4.31 Å². The lowest BCUT2D eigenvalue weighted by atomic mass is 9.71. The number of hydrogen-bond acceptors (Lipinski definition) is 3. The van der Waals surface area contributed by atoms with Crippen LogP contribution in [0.3, 0.4) is 0 Å². The van der Waals surface area contributed by atoms with Gasteiger partial charge in [0.15, 0.2) is 5.72 Å². The second kappa shape index (κ2) is 5.18. The maximum Gasteiger partial charge on any atom is 0.267 e. The molecule has 4 rings (SSSR count). The summed E-state index contributed by atoms with van der Waals surface area (Å²) in [5, 5.41) is 0. The van der Waals surface area contributed by atoms with Crippen molar-refractivity contribution in [1.82, 2.24) is 4.31 Å². The van der Waals surface area contributed by atoms with E-state index in [1.807, 2.05) is 24.3 Å². The van der Waals surface area contributed by atoms with Gasteiger partial charge < -0.3 is 4.74 Å². The molecule has 3 unspecified atom stereocenters. The Morgan fingerprint density at radius 3 is 2.68 bits per heavy atom. The Hall–Kier alpha value is -0.130. The average molecular weight is 379 g/mol. The number of halogens is 3. The number of fused-ring (bicyclic) bond motifs is 4. The van der Waals surface area contributed by atoms with Gasteiger partial charge in [0.2, 0.25) is 0 Å². The van der Waals surface area contributed by atoms with Crippen LogP contribution in [0.25, 0.3) is 0 Å². The number of carbonyl (C=O) groups excluding carboxylic acids is 1. The molecule has 1 aromatic rings. The first-order valence-electron chi connectivity index (χ1n) is 7.31. The molecule has 2 aliphatic heterocycles. The molecule has 0 radical (unpaired) electrons. The zero-order valence-corrected chi connectivity index (χ0v) is 14.7. The molecule has 1 saturated carbocycles. The van der Waals surface area contributed by atoms with Crippen molar-refractivity contribution < 1.29 is 9.53 Å². The number of alkyl halides is 3. The molecule has 22 heavy (non-hydrogen) atoms. The van der Waals surface area contributed by atoms with Crippen molar-refractivity contribution in [3.05, 3.63) is 35.4 Å². The van der Waals surface area contributed by atoms with Crippen molar-refractivity contribution in [2.24, 2.45) is 5.92 Å². The van der Waals surface area contributed by atoms with Crippen molar-refractivity contribution in [2.75, 3.05) is 0 Å². The van der Waals surface area contributed by atoms with Crippen LogP contribution in [0.5, 0.6) is 0 Å². The lowest BCUT2D eigenvalue weighted by molar-refractivity contribution is -0.313. The van der Waals surface area contributed by atoms with Gasteiger partial charge in [-0.3, -0.25) is 4.79 Å². The van der Waals surface area contributed by atoms with Crippen LogP contribution < -0.4 is 0 Å². The van der Waals surface area contributed by atoms with E-state index in [2.05, 4.69) is 0 Å². The Balaban J connectivity index is 1.80. The van der Waals surface area contributed by atoms with Crippen molar-refractivity contribution >= 4 is 52.7 Å². The molecule has 0 aromatic heterocycles. The van der Waals surface area contributed by atoms with E-state index in [-0.39, 0.29) is 17.9 Å². The van der Waals surface area contributed by atoms with Crippen molar-refractivity contribution in [3.63, 3.8) is 0 Å². The highest BCUT2D eigenvalue weighted by Crippen LogP contribution is 2.62. The van der Waals surface area contributed by atoms with Crippen molar-refractivity contribution in [2.45, 2.75) is 40.6 Å². The van der Waals surface area contributed by atoms with Crippen LogP contribution in [0.15, 0.2) is 24.3 Å². The first-order valence-corrected chi connectivity index (χ1v) is 9.22. The van der Waals surface area contributed by atoms with Gasteiger partial charge in [0.05, 0.1) is 6.10 Å². The summed E-state index contributed by atoms with van der Waals surface area (Å²) in [6, 6.07) is 7.55. The predicted molar refractivity (Wildman–Crippen MR) is 89.0 cm³/mol. The van der Waals surface area contributed by atoms with E-state index in [1.165, 1.54) is 6.42 Å². The highest BCUT2D eigenvalue weighted by molar-refractivity contribution is 8.03. The molecule has 1 saturated heterocycles. The standard InChI is InChI=1S/C15H14Cl3NO2S/c16-15(17,18)22-19-13(20)9-5-1-2-6-10(9)14(19)11-7-3-4-8-12(11)21-14/h1-2,5-6,11-12H,3-4,7-8H2. The van der Waals surface area contributed by atoms with Crippen molar-refractivity contribution in [1.29, 1.82) is 0 Å². The number of benzene rings is 1. The molecule has 1 aromatic carbocycles. The number of nitrogens with zero attached hydrogens (tertiary/aromatic N) is 1.